The van der Waals surface area contributed by atoms with Crippen LogP contribution in [0.25, 0.3) is 0 Å². The first-order chi connectivity index (χ1) is 17.6. The molecule has 1 saturated heterocycles. The first-order valence-corrected chi connectivity index (χ1v) is 13.5. The third-order valence-electron chi connectivity index (χ3n) is 6.38. The van der Waals surface area contributed by atoms with Crippen molar-refractivity contribution in [1.82, 2.24) is 14.8 Å². The van der Waals surface area contributed by atoms with Gasteiger partial charge >= 0.3 is 0 Å². The van der Waals surface area contributed by atoms with Crippen LogP contribution in [0.2, 0.25) is 5.02 Å². The fraction of sp³-hybridized carbons (Fsp3) is 0.308. The number of carbonyl (C=O) groups is 1. The van der Waals surface area contributed by atoms with E-state index in [2.05, 4.69) is 9.88 Å². The van der Waals surface area contributed by atoms with Gasteiger partial charge in [-0.3, -0.25) is 9.78 Å². The molecule has 0 spiro atoms. The summed E-state index contributed by atoms with van der Waals surface area (Å²) in [5.74, 6) is -2.83. The second-order valence-corrected chi connectivity index (χ2v) is 11.2. The van der Waals surface area contributed by atoms with Crippen LogP contribution in [-0.2, 0) is 27.5 Å². The minimum Gasteiger partial charge on any atom is -0.340 e. The zero-order valence-corrected chi connectivity index (χ0v) is 21.6. The maximum Gasteiger partial charge on any atom is 0.222 e. The van der Waals surface area contributed by atoms with Crippen LogP contribution in [0.5, 0.6) is 0 Å². The average Bonchev–Trinajstić information content (AvgIpc) is 2.86. The van der Waals surface area contributed by atoms with E-state index in [1.54, 1.807) is 4.90 Å². The molecule has 1 amide bonds. The van der Waals surface area contributed by atoms with Gasteiger partial charge in [-0.25, -0.2) is 21.6 Å². The van der Waals surface area contributed by atoms with Crippen molar-refractivity contribution in [2.45, 2.75) is 29.1 Å². The maximum absolute atomic E-state index is 15.0. The monoisotopic (exact) mass is 551 g/mol. The topological polar surface area (TPSA) is 70.6 Å². The van der Waals surface area contributed by atoms with Crippen LogP contribution in [-0.4, -0.2) is 62.3 Å². The molecule has 196 valence electrons. The molecule has 1 aliphatic heterocycles. The molecule has 4 rings (SSSR count). The molecule has 0 atom stereocenters. The quantitative estimate of drug-likeness (QED) is 0.438. The summed E-state index contributed by atoms with van der Waals surface area (Å²) < 4.78 is 70.6. The number of hydrogen-bond acceptors (Lipinski definition) is 5. The van der Waals surface area contributed by atoms with Gasteiger partial charge in [-0.15, -0.1) is 0 Å². The molecule has 1 fully saturated rings. The number of likely N-dealkylation sites (N-methyl/N-ethyl adjacent to an activating group) is 1. The maximum atomic E-state index is 15.0. The molecule has 2 heterocycles. The van der Waals surface area contributed by atoms with E-state index in [1.165, 1.54) is 30.3 Å². The third-order valence-corrected chi connectivity index (χ3v) is 8.51. The highest BCUT2D eigenvalue weighted by Gasteiger charge is 2.29. The molecular formula is C26H25ClF3N3O3S. The van der Waals surface area contributed by atoms with Crippen molar-refractivity contribution in [3.05, 3.63) is 88.0 Å². The van der Waals surface area contributed by atoms with Crippen molar-refractivity contribution in [3.63, 3.8) is 0 Å². The number of pyridine rings is 1. The SMILES string of the molecule is CN1CCN(C(=O)CCc2cc(F)cnc2Cc2c(F)ccc(F)c2S(=O)(=O)c2ccc(Cl)cc2)CC1. The Balaban J connectivity index is 1.65. The van der Waals surface area contributed by atoms with Gasteiger partial charge in [0.05, 0.1) is 11.1 Å². The molecule has 0 N–H and O–H groups in total. The summed E-state index contributed by atoms with van der Waals surface area (Å²) in [5.41, 5.74) is 0.0475. The first-order valence-electron chi connectivity index (χ1n) is 11.6. The molecular weight excluding hydrogens is 527 g/mol. The Morgan fingerprint density at radius 2 is 1.65 bits per heavy atom. The number of aryl methyl sites for hydroxylation is 1. The molecule has 0 unspecified atom stereocenters. The van der Waals surface area contributed by atoms with Gasteiger partial charge < -0.3 is 9.80 Å². The van der Waals surface area contributed by atoms with Gasteiger partial charge in [0.15, 0.2) is 0 Å². The largest absolute Gasteiger partial charge is 0.340 e. The minimum absolute atomic E-state index is 0.0728. The summed E-state index contributed by atoms with van der Waals surface area (Å²) in [4.78, 5) is 19.5. The average molecular weight is 552 g/mol. The molecule has 11 heteroatoms. The number of halogens is 4. The van der Waals surface area contributed by atoms with Crippen LogP contribution >= 0.6 is 11.6 Å². The number of carbonyl (C=O) groups excluding carboxylic acids is 1. The summed E-state index contributed by atoms with van der Waals surface area (Å²) in [7, 11) is -2.49. The number of aromatic nitrogens is 1. The van der Waals surface area contributed by atoms with E-state index >= 15 is 4.39 Å². The third kappa shape index (κ3) is 6.14. The number of rotatable bonds is 7. The fourth-order valence-electron chi connectivity index (χ4n) is 4.27. The first kappa shape index (κ1) is 27.1. The lowest BCUT2D eigenvalue weighted by Gasteiger charge is -2.32. The standard InChI is InChI=1S/C26H25ClF3N3O3S/c1-32-10-12-33(13-11-32)25(34)9-2-17-14-19(28)16-31-24(17)15-21-22(29)7-8-23(30)26(21)37(35,36)20-5-3-18(27)4-6-20/h3-8,14,16H,2,9-13,15H2,1H3. The number of hydrogen-bond donors (Lipinski definition) is 0. The Kier molecular flexibility index (Phi) is 8.20. The van der Waals surface area contributed by atoms with Crippen LogP contribution in [0.4, 0.5) is 13.2 Å². The van der Waals surface area contributed by atoms with Crippen molar-refractivity contribution in [2.75, 3.05) is 33.2 Å². The molecule has 1 aromatic heterocycles. The lowest BCUT2D eigenvalue weighted by molar-refractivity contribution is -0.132. The van der Waals surface area contributed by atoms with Crippen molar-refractivity contribution >= 4 is 27.3 Å². The minimum atomic E-state index is -4.47. The van der Waals surface area contributed by atoms with Crippen molar-refractivity contribution < 1.29 is 26.4 Å². The van der Waals surface area contributed by atoms with E-state index in [9.17, 15) is 22.0 Å². The van der Waals surface area contributed by atoms with Crippen LogP contribution < -0.4 is 0 Å². The van der Waals surface area contributed by atoms with Gasteiger partial charge in [-0.1, -0.05) is 11.6 Å². The Morgan fingerprint density at radius 3 is 2.32 bits per heavy atom. The molecule has 6 nitrogen and oxygen atoms in total. The summed E-state index contributed by atoms with van der Waals surface area (Å²) in [6, 6.07) is 7.85. The zero-order valence-electron chi connectivity index (χ0n) is 20.1. The summed E-state index contributed by atoms with van der Waals surface area (Å²) in [6.45, 7) is 2.68. The predicted octanol–water partition coefficient (Wildman–Crippen LogP) is 4.28. The second kappa shape index (κ2) is 11.2. The highest BCUT2D eigenvalue weighted by molar-refractivity contribution is 7.91. The molecule has 1 aliphatic rings. The van der Waals surface area contributed by atoms with E-state index in [1.807, 2.05) is 7.05 Å². The lowest BCUT2D eigenvalue weighted by atomic mass is 10.0. The molecule has 0 bridgehead atoms. The van der Waals surface area contributed by atoms with Crippen LogP contribution in [0.1, 0.15) is 23.2 Å². The van der Waals surface area contributed by atoms with Gasteiger partial charge in [0.25, 0.3) is 0 Å². The Labute approximate surface area is 218 Å². The predicted molar refractivity (Wildman–Crippen MR) is 133 cm³/mol. The molecule has 2 aromatic carbocycles. The van der Waals surface area contributed by atoms with Gasteiger partial charge in [0.2, 0.25) is 15.7 Å². The van der Waals surface area contributed by atoms with Gasteiger partial charge in [-0.2, -0.15) is 0 Å². The normalized spacial score (nSPS) is 14.7. The van der Waals surface area contributed by atoms with E-state index in [0.29, 0.717) is 18.7 Å². The second-order valence-electron chi connectivity index (χ2n) is 8.91. The molecule has 0 radical (unpaired) electrons. The Morgan fingerprint density at radius 1 is 1.00 bits per heavy atom. The van der Waals surface area contributed by atoms with Crippen molar-refractivity contribution in [1.29, 1.82) is 0 Å². The van der Waals surface area contributed by atoms with Gasteiger partial charge in [0.1, 0.15) is 22.3 Å². The van der Waals surface area contributed by atoms with E-state index in [0.717, 1.165) is 31.4 Å². The number of nitrogens with zero attached hydrogens (tertiary/aromatic N) is 3. The highest BCUT2D eigenvalue weighted by Crippen LogP contribution is 2.31. The van der Waals surface area contributed by atoms with Crippen molar-refractivity contribution in [2.24, 2.45) is 0 Å². The van der Waals surface area contributed by atoms with Crippen LogP contribution in [0.3, 0.4) is 0 Å². The van der Waals surface area contributed by atoms with E-state index in [-0.39, 0.29) is 34.4 Å². The van der Waals surface area contributed by atoms with Gasteiger partial charge in [0, 0.05) is 55.3 Å². The fourth-order valence-corrected chi connectivity index (χ4v) is 5.95. The summed E-state index contributed by atoms with van der Waals surface area (Å²) in [5, 5.41) is 0.283. The number of benzene rings is 2. The number of piperazine rings is 1. The van der Waals surface area contributed by atoms with Gasteiger partial charge in [-0.05, 0) is 61.5 Å². The van der Waals surface area contributed by atoms with Crippen molar-refractivity contribution in [3.8, 4) is 0 Å². The molecule has 0 aliphatic carbocycles. The van der Waals surface area contributed by atoms with E-state index in [4.69, 9.17) is 11.6 Å². The molecule has 0 saturated carbocycles. The number of amides is 1. The summed E-state index contributed by atoms with van der Waals surface area (Å²) >= 11 is 5.84. The highest BCUT2D eigenvalue weighted by atomic mass is 35.5. The summed E-state index contributed by atoms with van der Waals surface area (Å²) in [6.07, 6.45) is 0.695. The smallest absolute Gasteiger partial charge is 0.222 e. The van der Waals surface area contributed by atoms with Crippen LogP contribution in [0, 0.1) is 17.5 Å². The zero-order chi connectivity index (χ0) is 26.7. The number of sulfone groups is 1. The molecule has 37 heavy (non-hydrogen) atoms. The lowest BCUT2D eigenvalue weighted by Crippen LogP contribution is -2.47. The van der Waals surface area contributed by atoms with E-state index < -0.39 is 44.2 Å². The Bertz CT molecular complexity index is 1410. The Hall–Kier alpha value is -2.95. The molecule has 3 aromatic rings. The van der Waals surface area contributed by atoms with Crippen LogP contribution in [0.15, 0.2) is 58.5 Å².